The van der Waals surface area contributed by atoms with Gasteiger partial charge in [-0.3, -0.25) is 4.98 Å². The second kappa shape index (κ2) is 5.64. The summed E-state index contributed by atoms with van der Waals surface area (Å²) in [4.78, 5) is 4.01. The number of halogens is 3. The minimum Gasteiger partial charge on any atom is -0.449 e. The van der Waals surface area contributed by atoms with Crippen molar-refractivity contribution in [3.63, 3.8) is 0 Å². The number of hydrogen-bond donors (Lipinski definition) is 0. The van der Waals surface area contributed by atoms with E-state index < -0.39 is 13.3 Å². The molecule has 0 amide bonds. The molecule has 0 unspecified atom stereocenters. The zero-order valence-electron chi connectivity index (χ0n) is 8.83. The van der Waals surface area contributed by atoms with Crippen LogP contribution >= 0.6 is 0 Å². The van der Waals surface area contributed by atoms with E-state index in [1.165, 1.54) is 12.3 Å². The predicted molar refractivity (Wildman–Crippen MR) is 54.5 cm³/mol. The Morgan fingerprint density at radius 1 is 1.06 bits per heavy atom. The summed E-state index contributed by atoms with van der Waals surface area (Å²) in [7, 11) is 0. The first-order valence-corrected chi connectivity index (χ1v) is 4.60. The fourth-order valence-electron chi connectivity index (χ4n) is 1.58. The molecule has 78 valence electrons. The SMILES string of the molecule is F[B-](F)(F)Cc1ccnc2ccccc12.[K+]. The largest absolute Gasteiger partial charge is 1.00 e. The Kier molecular flexibility index (Phi) is 5.00. The molecular weight excluding hydrogens is 241 g/mol. The van der Waals surface area contributed by atoms with Gasteiger partial charge in [0.25, 0.3) is 0 Å². The standard InChI is InChI=1S/C10H8BF3N.K/c12-11(13,14)7-8-5-6-15-10-4-2-1-3-9(8)10;/h1-6H,7H2;/q-1;+1. The van der Waals surface area contributed by atoms with Crippen LogP contribution in [0, 0.1) is 0 Å². The number of hydrogen-bond acceptors (Lipinski definition) is 1. The van der Waals surface area contributed by atoms with Gasteiger partial charge >= 0.3 is 58.4 Å². The molecule has 16 heavy (non-hydrogen) atoms. The van der Waals surface area contributed by atoms with Gasteiger partial charge in [0.05, 0.1) is 5.52 Å². The molecule has 2 aromatic rings. The summed E-state index contributed by atoms with van der Waals surface area (Å²) in [6.07, 6.45) is 0.572. The van der Waals surface area contributed by atoms with E-state index >= 15 is 0 Å². The number of rotatable bonds is 2. The van der Waals surface area contributed by atoms with E-state index in [1.54, 1.807) is 24.3 Å². The number of fused-ring (bicyclic) bond motifs is 1. The van der Waals surface area contributed by atoms with Gasteiger partial charge in [-0.2, -0.15) is 0 Å². The van der Waals surface area contributed by atoms with E-state index in [-0.39, 0.29) is 51.4 Å². The fourth-order valence-corrected chi connectivity index (χ4v) is 1.58. The molecule has 6 heteroatoms. The number of pyridine rings is 1. The molecule has 0 spiro atoms. The molecule has 0 radical (unpaired) electrons. The van der Waals surface area contributed by atoms with E-state index in [4.69, 9.17) is 0 Å². The Labute approximate surface area is 134 Å². The minimum absolute atomic E-state index is 0. The molecule has 1 aromatic heterocycles. The van der Waals surface area contributed by atoms with Gasteiger partial charge in [-0.25, -0.2) is 0 Å². The topological polar surface area (TPSA) is 12.9 Å². The second-order valence-corrected chi connectivity index (χ2v) is 3.40. The Bertz CT molecular complexity index is 481. The molecule has 0 atom stereocenters. The van der Waals surface area contributed by atoms with Gasteiger partial charge in [-0.1, -0.05) is 30.1 Å². The summed E-state index contributed by atoms with van der Waals surface area (Å²) in [6.45, 7) is -4.79. The number of benzene rings is 1. The van der Waals surface area contributed by atoms with Crippen molar-refractivity contribution in [2.24, 2.45) is 0 Å². The van der Waals surface area contributed by atoms with Gasteiger partial charge in [0.1, 0.15) is 0 Å². The fraction of sp³-hybridized carbons (Fsp3) is 0.100. The first-order valence-electron chi connectivity index (χ1n) is 4.60. The molecule has 0 fully saturated rings. The summed E-state index contributed by atoms with van der Waals surface area (Å²) >= 11 is 0. The van der Waals surface area contributed by atoms with Crippen LogP contribution in [0.1, 0.15) is 5.56 Å². The maximum atomic E-state index is 12.3. The van der Waals surface area contributed by atoms with E-state index in [0.29, 0.717) is 16.5 Å². The number of aromatic nitrogens is 1. The Morgan fingerprint density at radius 2 is 1.75 bits per heavy atom. The van der Waals surface area contributed by atoms with Gasteiger partial charge in [-0.15, -0.1) is 0 Å². The summed E-state index contributed by atoms with van der Waals surface area (Å²) in [6, 6.07) is 8.29. The van der Waals surface area contributed by atoms with E-state index in [2.05, 4.69) is 4.98 Å². The van der Waals surface area contributed by atoms with Crippen LogP contribution in [0.4, 0.5) is 12.9 Å². The smallest absolute Gasteiger partial charge is 0.449 e. The summed E-state index contributed by atoms with van der Waals surface area (Å²) in [5.41, 5.74) is 0.906. The molecule has 0 N–H and O–H groups in total. The maximum absolute atomic E-state index is 12.3. The Morgan fingerprint density at radius 3 is 2.44 bits per heavy atom. The molecule has 2 rings (SSSR count). The van der Waals surface area contributed by atoms with Gasteiger partial charge in [0.15, 0.2) is 0 Å². The van der Waals surface area contributed by atoms with Gasteiger partial charge in [-0.05, 0) is 12.1 Å². The van der Waals surface area contributed by atoms with Crippen LogP contribution in [0.2, 0.25) is 0 Å². The molecule has 1 heterocycles. The van der Waals surface area contributed by atoms with E-state index in [0.717, 1.165) is 0 Å². The average molecular weight is 249 g/mol. The van der Waals surface area contributed by atoms with Crippen molar-refractivity contribution in [3.8, 4) is 0 Å². The molecule has 0 bridgehead atoms. The van der Waals surface area contributed by atoms with Crippen LogP contribution in [0.25, 0.3) is 10.9 Å². The molecule has 0 saturated heterocycles. The van der Waals surface area contributed by atoms with E-state index in [1.807, 2.05) is 0 Å². The summed E-state index contributed by atoms with van der Waals surface area (Å²) in [5.74, 6) is 0. The van der Waals surface area contributed by atoms with Crippen molar-refractivity contribution in [1.82, 2.24) is 4.98 Å². The Hall–Kier alpha value is 0.121. The summed E-state index contributed by atoms with van der Waals surface area (Å²) < 4.78 is 36.9. The predicted octanol–water partition coefficient (Wildman–Crippen LogP) is 0.168. The first-order chi connectivity index (χ1) is 7.06. The van der Waals surface area contributed by atoms with Crippen LogP contribution in [0.15, 0.2) is 36.5 Å². The van der Waals surface area contributed by atoms with Crippen molar-refractivity contribution in [2.45, 2.75) is 6.32 Å². The Balaban J connectivity index is 0.00000128. The molecule has 1 nitrogen and oxygen atoms in total. The van der Waals surface area contributed by atoms with Crippen LogP contribution < -0.4 is 51.4 Å². The zero-order valence-corrected chi connectivity index (χ0v) is 12.0. The van der Waals surface area contributed by atoms with Crippen LogP contribution in [0.5, 0.6) is 0 Å². The van der Waals surface area contributed by atoms with Gasteiger partial charge < -0.3 is 12.9 Å². The van der Waals surface area contributed by atoms with Crippen molar-refractivity contribution >= 4 is 17.9 Å². The third-order valence-corrected chi connectivity index (χ3v) is 2.19. The van der Waals surface area contributed by atoms with Crippen molar-refractivity contribution in [2.75, 3.05) is 0 Å². The van der Waals surface area contributed by atoms with Crippen molar-refractivity contribution in [1.29, 1.82) is 0 Å². The number of para-hydroxylation sites is 1. The van der Waals surface area contributed by atoms with Crippen LogP contribution in [-0.4, -0.2) is 12.0 Å². The minimum atomic E-state index is -4.79. The molecule has 0 aliphatic carbocycles. The summed E-state index contributed by atoms with van der Waals surface area (Å²) in [5, 5.41) is 0.583. The van der Waals surface area contributed by atoms with Gasteiger partial charge in [0, 0.05) is 11.6 Å². The van der Waals surface area contributed by atoms with Crippen LogP contribution in [-0.2, 0) is 6.32 Å². The van der Waals surface area contributed by atoms with Crippen molar-refractivity contribution in [3.05, 3.63) is 42.1 Å². The monoisotopic (exact) mass is 249 g/mol. The van der Waals surface area contributed by atoms with Gasteiger partial charge in [0.2, 0.25) is 0 Å². The molecule has 1 aromatic carbocycles. The molecular formula is C10H8BF3KN. The maximum Gasteiger partial charge on any atom is 1.00 e. The molecule has 0 saturated carbocycles. The quantitative estimate of drug-likeness (QED) is 0.691. The molecule has 0 aliphatic heterocycles. The third-order valence-electron chi connectivity index (χ3n) is 2.19. The normalized spacial score (nSPS) is 11.2. The average Bonchev–Trinajstić information content (AvgIpc) is 2.16. The van der Waals surface area contributed by atoms with E-state index in [9.17, 15) is 12.9 Å². The van der Waals surface area contributed by atoms with Crippen molar-refractivity contribution < 1.29 is 64.3 Å². The third kappa shape index (κ3) is 3.56. The second-order valence-electron chi connectivity index (χ2n) is 3.40. The molecule has 0 aliphatic rings. The number of nitrogens with zero attached hydrogens (tertiary/aromatic N) is 1. The zero-order chi connectivity index (χ0) is 10.9. The first kappa shape index (κ1) is 14.2. The van der Waals surface area contributed by atoms with Crippen LogP contribution in [0.3, 0.4) is 0 Å².